The molecule has 0 aliphatic carbocycles. The molecule has 0 bridgehead atoms. The molecule has 27 heavy (non-hydrogen) atoms. The molecule has 0 fully saturated rings. The van der Waals surface area contributed by atoms with E-state index in [1.54, 1.807) is 0 Å². The van der Waals surface area contributed by atoms with Gasteiger partial charge >= 0.3 is 12.1 Å². The maximum absolute atomic E-state index is 12.9. The third-order valence-corrected chi connectivity index (χ3v) is 3.31. The summed E-state index contributed by atoms with van der Waals surface area (Å²) in [4.78, 5) is 25.4. The van der Waals surface area contributed by atoms with E-state index in [9.17, 15) is 28.1 Å². The molecule has 0 aromatic carbocycles. The Morgan fingerprint density at radius 2 is 2.11 bits per heavy atom. The predicted molar refractivity (Wildman–Crippen MR) is 80.6 cm³/mol. The smallest absolute Gasteiger partial charge is 0.390 e. The van der Waals surface area contributed by atoms with Crippen molar-refractivity contribution in [1.29, 1.82) is 0 Å². The van der Waals surface area contributed by atoms with E-state index in [1.165, 1.54) is 23.9 Å². The molecule has 0 saturated carbocycles. The average molecular weight is 385 g/mol. The highest BCUT2D eigenvalue weighted by Gasteiger charge is 2.38. The van der Waals surface area contributed by atoms with Gasteiger partial charge in [-0.2, -0.15) is 28.1 Å². The molecule has 0 aliphatic rings. The Bertz CT molecular complexity index is 1000. The van der Waals surface area contributed by atoms with Gasteiger partial charge < -0.3 is 15.4 Å². The molecule has 3 aromatic heterocycles. The van der Waals surface area contributed by atoms with Crippen LogP contribution < -0.4 is 5.32 Å². The number of aromatic amines is 1. The van der Waals surface area contributed by atoms with Crippen molar-refractivity contribution in [2.75, 3.05) is 5.32 Å². The SMILES string of the molecule is Cc1[nH]nc(C(F)(F)F)c1NC(=O)c1ccn(Cn2cnc([N+](=O)[O-])n2)n1. The molecule has 3 aromatic rings. The summed E-state index contributed by atoms with van der Waals surface area (Å²) in [6, 6.07) is 1.27. The van der Waals surface area contributed by atoms with Gasteiger partial charge in [0.1, 0.15) is 0 Å². The van der Waals surface area contributed by atoms with Crippen LogP contribution in [0, 0.1) is 17.0 Å². The van der Waals surface area contributed by atoms with E-state index in [0.717, 1.165) is 11.0 Å². The Morgan fingerprint density at radius 1 is 1.37 bits per heavy atom. The zero-order valence-corrected chi connectivity index (χ0v) is 13.4. The van der Waals surface area contributed by atoms with Crippen molar-refractivity contribution in [3.63, 3.8) is 0 Å². The summed E-state index contributed by atoms with van der Waals surface area (Å²) >= 11 is 0. The lowest BCUT2D eigenvalue weighted by Gasteiger charge is -2.07. The van der Waals surface area contributed by atoms with Crippen molar-refractivity contribution in [3.8, 4) is 0 Å². The third-order valence-electron chi connectivity index (χ3n) is 3.31. The zero-order valence-electron chi connectivity index (χ0n) is 13.4. The van der Waals surface area contributed by atoms with Gasteiger partial charge in [0, 0.05) is 11.3 Å². The standard InChI is InChI=1S/C12H10F3N9O3/c1-6-8(9(19-18-6)12(13,14)15)17-10(25)7-2-3-22(20-7)5-23-4-16-11(21-23)24(26)27/h2-4H,5H2,1H3,(H,17,25)(H,18,19). The van der Waals surface area contributed by atoms with Gasteiger partial charge in [0.05, 0.1) is 11.4 Å². The molecular weight excluding hydrogens is 375 g/mol. The molecule has 0 unspecified atom stereocenters. The molecule has 0 radical (unpaired) electrons. The monoisotopic (exact) mass is 385 g/mol. The minimum absolute atomic E-state index is 0.0324. The van der Waals surface area contributed by atoms with Crippen molar-refractivity contribution in [2.45, 2.75) is 19.8 Å². The maximum atomic E-state index is 12.9. The quantitative estimate of drug-likeness (QED) is 0.495. The minimum atomic E-state index is -4.74. The molecule has 0 aliphatic heterocycles. The number of carbonyl (C=O) groups excluding carboxylic acids is 1. The number of halogens is 3. The summed E-state index contributed by atoms with van der Waals surface area (Å²) < 4.78 is 41.0. The number of alkyl halides is 3. The van der Waals surface area contributed by atoms with Crippen LogP contribution in [0.5, 0.6) is 0 Å². The van der Waals surface area contributed by atoms with E-state index in [2.05, 4.69) is 30.7 Å². The number of hydrogen-bond acceptors (Lipinski definition) is 7. The largest absolute Gasteiger partial charge is 0.491 e. The van der Waals surface area contributed by atoms with Crippen LogP contribution >= 0.6 is 0 Å². The summed E-state index contributed by atoms with van der Waals surface area (Å²) in [6.45, 7) is 1.24. The van der Waals surface area contributed by atoms with Crippen LogP contribution in [-0.4, -0.2) is 45.6 Å². The minimum Gasteiger partial charge on any atom is -0.390 e. The van der Waals surface area contributed by atoms with Crippen molar-refractivity contribution in [2.24, 2.45) is 0 Å². The fourth-order valence-electron chi connectivity index (χ4n) is 2.11. The van der Waals surface area contributed by atoms with Crippen LogP contribution in [0.25, 0.3) is 0 Å². The number of nitrogens with zero attached hydrogens (tertiary/aromatic N) is 7. The van der Waals surface area contributed by atoms with E-state index in [0.29, 0.717) is 0 Å². The second-order valence-electron chi connectivity index (χ2n) is 5.25. The number of hydrogen-bond donors (Lipinski definition) is 2. The van der Waals surface area contributed by atoms with Gasteiger partial charge in [-0.1, -0.05) is 4.98 Å². The highest BCUT2D eigenvalue weighted by atomic mass is 19.4. The number of rotatable bonds is 5. The molecule has 1 amide bonds. The second kappa shape index (κ2) is 6.50. The number of amides is 1. The number of H-pyrrole nitrogens is 1. The number of anilines is 1. The lowest BCUT2D eigenvalue weighted by atomic mass is 10.2. The summed E-state index contributed by atoms with van der Waals surface area (Å²) in [5, 5.41) is 25.5. The lowest BCUT2D eigenvalue weighted by molar-refractivity contribution is -0.394. The Balaban J connectivity index is 1.74. The van der Waals surface area contributed by atoms with E-state index in [-0.39, 0.29) is 18.1 Å². The van der Waals surface area contributed by atoms with Gasteiger partial charge in [-0.3, -0.25) is 9.89 Å². The van der Waals surface area contributed by atoms with Gasteiger partial charge in [0.15, 0.2) is 18.1 Å². The Hall–Kier alpha value is -3.78. The lowest BCUT2D eigenvalue weighted by Crippen LogP contribution is -2.18. The predicted octanol–water partition coefficient (Wildman–Crippen LogP) is 1.19. The van der Waals surface area contributed by atoms with Gasteiger partial charge in [-0.25, -0.2) is 4.68 Å². The fourth-order valence-corrected chi connectivity index (χ4v) is 2.11. The first kappa shape index (κ1) is 18.0. The second-order valence-corrected chi connectivity index (χ2v) is 5.25. The maximum Gasteiger partial charge on any atom is 0.491 e. The highest BCUT2D eigenvalue weighted by molar-refractivity contribution is 6.03. The van der Waals surface area contributed by atoms with Gasteiger partial charge in [-0.15, -0.1) is 0 Å². The van der Waals surface area contributed by atoms with Crippen LogP contribution in [0.3, 0.4) is 0 Å². The van der Waals surface area contributed by atoms with Gasteiger partial charge in [0.2, 0.25) is 6.33 Å². The van der Waals surface area contributed by atoms with Crippen LogP contribution in [0.4, 0.5) is 24.8 Å². The zero-order chi connectivity index (χ0) is 19.8. The van der Waals surface area contributed by atoms with Crippen molar-refractivity contribution in [3.05, 3.63) is 45.8 Å². The number of aryl methyl sites for hydroxylation is 1. The Kier molecular flexibility index (Phi) is 4.34. The van der Waals surface area contributed by atoms with E-state index >= 15 is 0 Å². The van der Waals surface area contributed by atoms with Crippen LogP contribution in [0.1, 0.15) is 21.9 Å². The normalized spacial score (nSPS) is 11.6. The van der Waals surface area contributed by atoms with Crippen LogP contribution in [-0.2, 0) is 12.8 Å². The van der Waals surface area contributed by atoms with E-state index in [1.807, 2.05) is 0 Å². The number of nitro groups is 1. The summed E-state index contributed by atoms with van der Waals surface area (Å²) in [5.74, 6) is -1.48. The molecule has 3 heterocycles. The molecule has 3 rings (SSSR count). The number of nitrogens with one attached hydrogen (secondary N) is 2. The first-order valence-corrected chi connectivity index (χ1v) is 7.16. The van der Waals surface area contributed by atoms with Crippen molar-refractivity contribution in [1.82, 2.24) is 34.7 Å². The van der Waals surface area contributed by atoms with Crippen LogP contribution in [0.2, 0.25) is 0 Å². The van der Waals surface area contributed by atoms with Crippen molar-refractivity contribution < 1.29 is 22.9 Å². The first-order valence-electron chi connectivity index (χ1n) is 7.16. The van der Waals surface area contributed by atoms with Crippen LogP contribution in [0.15, 0.2) is 18.6 Å². The highest BCUT2D eigenvalue weighted by Crippen LogP contribution is 2.34. The molecule has 0 atom stereocenters. The number of carbonyl (C=O) groups is 1. The van der Waals surface area contributed by atoms with Crippen molar-refractivity contribution >= 4 is 17.5 Å². The molecule has 0 saturated heterocycles. The summed E-state index contributed by atoms with van der Waals surface area (Å²) in [5.41, 5.74) is -1.87. The first-order chi connectivity index (χ1) is 12.6. The van der Waals surface area contributed by atoms with Gasteiger partial charge in [-0.05, 0) is 17.9 Å². The third kappa shape index (κ3) is 3.75. The molecule has 2 N–H and O–H groups in total. The number of aromatic nitrogens is 7. The summed E-state index contributed by atoms with van der Waals surface area (Å²) in [6.07, 6.45) is -2.28. The molecule has 142 valence electrons. The summed E-state index contributed by atoms with van der Waals surface area (Å²) in [7, 11) is 0. The molecule has 12 nitrogen and oxygen atoms in total. The molecule has 0 spiro atoms. The molecular formula is C12H10F3N9O3. The Morgan fingerprint density at radius 3 is 2.74 bits per heavy atom. The molecule has 15 heteroatoms. The average Bonchev–Trinajstić information content (AvgIpc) is 3.28. The fraction of sp³-hybridized carbons (Fsp3) is 0.250. The topological polar surface area (TPSA) is 149 Å². The Labute approximate surface area is 147 Å². The van der Waals surface area contributed by atoms with Gasteiger partial charge in [0.25, 0.3) is 5.91 Å². The van der Waals surface area contributed by atoms with E-state index in [4.69, 9.17) is 0 Å². The van der Waals surface area contributed by atoms with E-state index < -0.39 is 34.3 Å².